The lowest BCUT2D eigenvalue weighted by molar-refractivity contribution is 0.362. The highest BCUT2D eigenvalue weighted by atomic mass is 16.6. The average molecular weight is 234 g/mol. The Morgan fingerprint density at radius 2 is 1.94 bits per heavy atom. The third-order valence-electron chi connectivity index (χ3n) is 3.74. The first-order valence-electron chi connectivity index (χ1n) is 6.33. The third-order valence-corrected chi connectivity index (χ3v) is 3.74. The van der Waals surface area contributed by atoms with Crippen molar-refractivity contribution in [2.24, 2.45) is 0 Å². The predicted molar refractivity (Wildman–Crippen MR) is 69.8 cm³/mol. The van der Waals surface area contributed by atoms with Crippen LogP contribution in [0.2, 0.25) is 0 Å². The smallest absolute Gasteiger partial charge is 0.122 e. The fraction of sp³-hybridized carbons (Fsp3) is 0.600. The van der Waals surface area contributed by atoms with Gasteiger partial charge in [-0.05, 0) is 55.9 Å². The van der Waals surface area contributed by atoms with Gasteiger partial charge in [0.05, 0.1) is 19.3 Å². The molecule has 1 aromatic rings. The molecule has 0 aliphatic carbocycles. The molecule has 3 unspecified atom stereocenters. The Bertz CT molecular complexity index is 412. The van der Waals surface area contributed by atoms with Crippen molar-refractivity contribution in [1.82, 2.24) is 0 Å². The summed E-state index contributed by atoms with van der Waals surface area (Å²) >= 11 is 0. The molecule has 1 fully saturated rings. The summed E-state index contributed by atoms with van der Waals surface area (Å²) in [6.45, 7) is 8.68. The Balaban J connectivity index is 2.16. The number of hydrogen-bond acceptors (Lipinski definition) is 2. The Morgan fingerprint density at radius 3 is 2.47 bits per heavy atom. The largest absolute Gasteiger partial charge is 0.496 e. The van der Waals surface area contributed by atoms with Gasteiger partial charge in [0, 0.05) is 0 Å². The van der Waals surface area contributed by atoms with Gasteiger partial charge in [0.2, 0.25) is 0 Å². The van der Waals surface area contributed by atoms with Gasteiger partial charge in [0.1, 0.15) is 5.75 Å². The molecule has 1 heterocycles. The van der Waals surface area contributed by atoms with Crippen LogP contribution in [0.1, 0.15) is 42.9 Å². The highest BCUT2D eigenvalue weighted by Gasteiger charge is 2.35. The number of benzene rings is 1. The van der Waals surface area contributed by atoms with Crippen molar-refractivity contribution < 1.29 is 9.47 Å². The fourth-order valence-electron chi connectivity index (χ4n) is 2.52. The van der Waals surface area contributed by atoms with E-state index in [-0.39, 0.29) is 0 Å². The summed E-state index contributed by atoms with van der Waals surface area (Å²) in [4.78, 5) is 0. The molecule has 0 bridgehead atoms. The van der Waals surface area contributed by atoms with Crippen LogP contribution >= 0.6 is 0 Å². The molecule has 0 amide bonds. The molecule has 0 saturated carbocycles. The lowest BCUT2D eigenvalue weighted by Crippen LogP contribution is -2.03. The van der Waals surface area contributed by atoms with Crippen molar-refractivity contribution in [3.8, 4) is 5.75 Å². The standard InChI is InChI=1S/C15H22O2/c1-9-7-14(16-5)11(3)6-13(9)10(2)8-15-12(4)17-15/h6-7,10,12,15H,8H2,1-5H3. The van der Waals surface area contributed by atoms with E-state index < -0.39 is 0 Å². The first-order valence-corrected chi connectivity index (χ1v) is 6.33. The van der Waals surface area contributed by atoms with Crippen molar-refractivity contribution in [2.75, 3.05) is 7.11 Å². The van der Waals surface area contributed by atoms with Crippen LogP contribution in [-0.4, -0.2) is 19.3 Å². The highest BCUT2D eigenvalue weighted by Crippen LogP contribution is 2.35. The zero-order valence-electron chi connectivity index (χ0n) is 11.4. The molecule has 0 N–H and O–H groups in total. The van der Waals surface area contributed by atoms with E-state index in [0.29, 0.717) is 18.1 Å². The summed E-state index contributed by atoms with van der Waals surface area (Å²) < 4.78 is 10.8. The summed E-state index contributed by atoms with van der Waals surface area (Å²) in [6, 6.07) is 4.39. The van der Waals surface area contributed by atoms with Crippen LogP contribution in [0.5, 0.6) is 5.75 Å². The van der Waals surface area contributed by atoms with Gasteiger partial charge in [-0.2, -0.15) is 0 Å². The van der Waals surface area contributed by atoms with E-state index >= 15 is 0 Å². The molecule has 0 spiro atoms. The molecule has 2 nitrogen and oxygen atoms in total. The normalized spacial score (nSPS) is 24.5. The van der Waals surface area contributed by atoms with E-state index in [1.807, 2.05) is 0 Å². The van der Waals surface area contributed by atoms with Crippen LogP contribution in [0.3, 0.4) is 0 Å². The number of aryl methyl sites for hydroxylation is 2. The fourth-order valence-corrected chi connectivity index (χ4v) is 2.52. The SMILES string of the molecule is COc1cc(C)c(C(C)CC2OC2C)cc1C. The maximum absolute atomic E-state index is 5.50. The summed E-state index contributed by atoms with van der Waals surface area (Å²) in [7, 11) is 1.73. The molecule has 0 aromatic heterocycles. The summed E-state index contributed by atoms with van der Waals surface area (Å²) in [5.74, 6) is 1.53. The number of ether oxygens (including phenoxy) is 2. The van der Waals surface area contributed by atoms with Crippen LogP contribution in [-0.2, 0) is 4.74 Å². The first kappa shape index (κ1) is 12.4. The second-order valence-corrected chi connectivity index (χ2v) is 5.19. The number of hydrogen-bond donors (Lipinski definition) is 0. The second-order valence-electron chi connectivity index (χ2n) is 5.19. The van der Waals surface area contributed by atoms with Gasteiger partial charge in [-0.1, -0.05) is 13.0 Å². The summed E-state index contributed by atoms with van der Waals surface area (Å²) in [5, 5.41) is 0. The van der Waals surface area contributed by atoms with Gasteiger partial charge in [0.25, 0.3) is 0 Å². The maximum atomic E-state index is 5.50. The second kappa shape index (κ2) is 4.69. The van der Waals surface area contributed by atoms with Crippen molar-refractivity contribution in [3.63, 3.8) is 0 Å². The van der Waals surface area contributed by atoms with Gasteiger partial charge in [-0.15, -0.1) is 0 Å². The van der Waals surface area contributed by atoms with Crippen LogP contribution in [0.4, 0.5) is 0 Å². The molecule has 94 valence electrons. The number of methoxy groups -OCH3 is 1. The van der Waals surface area contributed by atoms with Crippen LogP contribution in [0.15, 0.2) is 12.1 Å². The van der Waals surface area contributed by atoms with Crippen molar-refractivity contribution in [3.05, 3.63) is 28.8 Å². The Kier molecular flexibility index (Phi) is 3.43. The Hall–Kier alpha value is -1.02. The Morgan fingerprint density at radius 1 is 1.29 bits per heavy atom. The monoisotopic (exact) mass is 234 g/mol. The minimum atomic E-state index is 0.456. The van der Waals surface area contributed by atoms with Crippen LogP contribution in [0.25, 0.3) is 0 Å². The molecule has 1 aromatic carbocycles. The quantitative estimate of drug-likeness (QED) is 0.743. The Labute approximate surface area is 104 Å². The van der Waals surface area contributed by atoms with E-state index in [9.17, 15) is 0 Å². The molecule has 2 heteroatoms. The van der Waals surface area contributed by atoms with Gasteiger partial charge in [0.15, 0.2) is 0 Å². The average Bonchev–Trinajstić information content (AvgIpc) is 2.96. The van der Waals surface area contributed by atoms with Gasteiger partial charge in [-0.3, -0.25) is 0 Å². The van der Waals surface area contributed by atoms with E-state index in [2.05, 4.69) is 39.8 Å². The number of epoxide rings is 1. The minimum Gasteiger partial charge on any atom is -0.496 e. The van der Waals surface area contributed by atoms with Gasteiger partial charge >= 0.3 is 0 Å². The van der Waals surface area contributed by atoms with Gasteiger partial charge < -0.3 is 9.47 Å². The zero-order chi connectivity index (χ0) is 12.6. The van der Waals surface area contributed by atoms with Crippen molar-refractivity contribution in [2.45, 2.75) is 52.2 Å². The topological polar surface area (TPSA) is 21.8 Å². The summed E-state index contributed by atoms with van der Waals surface area (Å²) in [5.41, 5.74) is 3.95. The molecule has 2 rings (SSSR count). The maximum Gasteiger partial charge on any atom is 0.122 e. The number of rotatable bonds is 4. The third kappa shape index (κ3) is 2.63. The zero-order valence-corrected chi connectivity index (χ0v) is 11.4. The molecule has 3 atom stereocenters. The van der Waals surface area contributed by atoms with E-state index in [1.54, 1.807) is 7.11 Å². The molecule has 0 radical (unpaired) electrons. The molecular weight excluding hydrogens is 212 g/mol. The van der Waals surface area contributed by atoms with Crippen molar-refractivity contribution in [1.29, 1.82) is 0 Å². The van der Waals surface area contributed by atoms with Crippen LogP contribution in [0, 0.1) is 13.8 Å². The van der Waals surface area contributed by atoms with Crippen molar-refractivity contribution >= 4 is 0 Å². The lowest BCUT2D eigenvalue weighted by Gasteiger charge is -2.16. The summed E-state index contributed by atoms with van der Waals surface area (Å²) in [6.07, 6.45) is 2.04. The van der Waals surface area contributed by atoms with E-state index in [1.165, 1.54) is 16.7 Å². The molecule has 1 saturated heterocycles. The molecular formula is C15H22O2. The van der Waals surface area contributed by atoms with Crippen LogP contribution < -0.4 is 4.74 Å². The minimum absolute atomic E-state index is 0.456. The van der Waals surface area contributed by atoms with Gasteiger partial charge in [-0.25, -0.2) is 0 Å². The van der Waals surface area contributed by atoms with E-state index in [0.717, 1.165) is 12.2 Å². The molecule has 1 aliphatic heterocycles. The van der Waals surface area contributed by atoms with E-state index in [4.69, 9.17) is 9.47 Å². The lowest BCUT2D eigenvalue weighted by atomic mass is 9.90. The first-order chi connectivity index (χ1) is 8.02. The molecule has 17 heavy (non-hydrogen) atoms. The molecule has 1 aliphatic rings. The predicted octanol–water partition coefficient (Wildman–Crippen LogP) is 3.59. The highest BCUT2D eigenvalue weighted by molar-refractivity contribution is 5.42.